The highest BCUT2D eigenvalue weighted by Gasteiger charge is 2.35. The summed E-state index contributed by atoms with van der Waals surface area (Å²) in [5.74, 6) is -3.27. The van der Waals surface area contributed by atoms with Crippen LogP contribution in [0, 0.1) is 11.3 Å². The molecule has 3 aromatic rings. The number of hydrogen-bond acceptors (Lipinski definition) is 7. The van der Waals surface area contributed by atoms with Crippen molar-refractivity contribution in [2.24, 2.45) is 0 Å². The number of carboxylic acids is 1. The summed E-state index contributed by atoms with van der Waals surface area (Å²) in [4.78, 5) is 26.7. The average Bonchev–Trinajstić information content (AvgIpc) is 3.69. The predicted molar refractivity (Wildman–Crippen MR) is 131 cm³/mol. The summed E-state index contributed by atoms with van der Waals surface area (Å²) in [5, 5.41) is 22.6. The number of halogens is 3. The Hall–Kier alpha value is -3.58. The van der Waals surface area contributed by atoms with Gasteiger partial charge in [-0.25, -0.2) is 28.5 Å². The number of nitrogens with zero attached hydrogens (tertiary/aromatic N) is 5. The van der Waals surface area contributed by atoms with Gasteiger partial charge >= 0.3 is 5.97 Å². The average molecular weight is 513 g/mol. The van der Waals surface area contributed by atoms with E-state index in [1.165, 1.54) is 6.07 Å². The maximum absolute atomic E-state index is 13.8. The van der Waals surface area contributed by atoms with Gasteiger partial charge in [-0.3, -0.25) is 0 Å². The zero-order valence-corrected chi connectivity index (χ0v) is 20.2. The number of hydrogen-bond donors (Lipinski definition) is 2. The first-order valence-corrected chi connectivity index (χ1v) is 12.1. The Morgan fingerprint density at radius 2 is 1.97 bits per heavy atom. The van der Waals surface area contributed by atoms with Gasteiger partial charge in [0.1, 0.15) is 11.2 Å². The highest BCUT2D eigenvalue weighted by atomic mass is 35.5. The summed E-state index contributed by atoms with van der Waals surface area (Å²) in [5.41, 5.74) is 3.10. The third kappa shape index (κ3) is 4.75. The number of pyridine rings is 1. The second-order valence-electron chi connectivity index (χ2n) is 9.30. The number of carboxylic acid groups (broad SMARTS) is 1. The van der Waals surface area contributed by atoms with Crippen LogP contribution >= 0.6 is 11.6 Å². The van der Waals surface area contributed by atoms with Crippen LogP contribution in [0.1, 0.15) is 71.9 Å². The van der Waals surface area contributed by atoms with E-state index in [4.69, 9.17) is 16.6 Å². The summed E-state index contributed by atoms with van der Waals surface area (Å²) >= 11 is 5.89. The molecule has 8 nitrogen and oxygen atoms in total. The molecule has 3 heterocycles. The van der Waals surface area contributed by atoms with E-state index in [-0.39, 0.29) is 48.3 Å². The number of carbonyl (C=O) groups is 1. The molecule has 1 saturated carbocycles. The first-order chi connectivity index (χ1) is 17.1. The van der Waals surface area contributed by atoms with Crippen LogP contribution in [0.4, 0.5) is 20.3 Å². The maximum atomic E-state index is 13.8. The minimum Gasteiger partial charge on any atom is -0.476 e. The summed E-state index contributed by atoms with van der Waals surface area (Å²) in [6, 6.07) is 8.68. The second-order valence-corrected chi connectivity index (χ2v) is 9.69. The molecule has 1 saturated heterocycles. The molecular formula is C25H23ClF2N6O2. The first-order valence-electron chi connectivity index (χ1n) is 11.7. The van der Waals surface area contributed by atoms with E-state index in [2.05, 4.69) is 21.4 Å². The molecule has 1 unspecified atom stereocenters. The van der Waals surface area contributed by atoms with Gasteiger partial charge in [0.25, 0.3) is 5.92 Å². The molecule has 1 aliphatic heterocycles. The predicted octanol–water partition coefficient (Wildman–Crippen LogP) is 5.53. The number of fused-ring (bicyclic) bond motifs is 1. The molecule has 5 rings (SSSR count). The number of rotatable bonds is 6. The molecule has 0 spiro atoms. The topological polar surface area (TPSA) is 115 Å². The summed E-state index contributed by atoms with van der Waals surface area (Å²) < 4.78 is 27.5. The van der Waals surface area contributed by atoms with Crippen molar-refractivity contribution < 1.29 is 18.7 Å². The number of alkyl halides is 2. The van der Waals surface area contributed by atoms with Crippen molar-refractivity contribution in [3.63, 3.8) is 0 Å². The van der Waals surface area contributed by atoms with Crippen molar-refractivity contribution in [1.82, 2.24) is 15.0 Å². The number of aromatic carboxylic acids is 1. The van der Waals surface area contributed by atoms with E-state index in [1.54, 1.807) is 11.0 Å². The minimum atomic E-state index is -2.73. The van der Waals surface area contributed by atoms with E-state index in [0.29, 0.717) is 22.6 Å². The molecule has 2 fully saturated rings. The van der Waals surface area contributed by atoms with Crippen molar-refractivity contribution in [2.75, 3.05) is 23.3 Å². The van der Waals surface area contributed by atoms with Crippen LogP contribution < -0.4 is 10.2 Å². The van der Waals surface area contributed by atoms with E-state index < -0.39 is 17.9 Å². The Bertz CT molecular complexity index is 1400. The lowest BCUT2D eigenvalue weighted by atomic mass is 9.99. The van der Waals surface area contributed by atoms with Crippen LogP contribution in [0.2, 0.25) is 5.15 Å². The molecule has 0 amide bonds. The summed E-state index contributed by atoms with van der Waals surface area (Å²) in [6.07, 6.45) is 1.47. The van der Waals surface area contributed by atoms with Gasteiger partial charge in [-0.1, -0.05) is 17.7 Å². The fraction of sp³-hybridized carbons (Fsp3) is 0.400. The van der Waals surface area contributed by atoms with E-state index in [1.807, 2.05) is 19.1 Å². The third-order valence-electron chi connectivity index (χ3n) is 6.65. The molecule has 1 aromatic carbocycles. The molecule has 0 radical (unpaired) electrons. The Labute approximate surface area is 210 Å². The van der Waals surface area contributed by atoms with Crippen molar-refractivity contribution in [1.29, 1.82) is 5.26 Å². The van der Waals surface area contributed by atoms with Gasteiger partial charge in [-0.15, -0.1) is 0 Å². The fourth-order valence-electron chi connectivity index (χ4n) is 4.55. The zero-order chi connectivity index (χ0) is 25.6. The highest BCUT2D eigenvalue weighted by molar-refractivity contribution is 6.29. The Balaban J connectivity index is 1.59. The van der Waals surface area contributed by atoms with Crippen molar-refractivity contribution in [3.05, 3.63) is 51.9 Å². The molecule has 1 atom stereocenters. The number of piperidine rings is 1. The molecule has 186 valence electrons. The Morgan fingerprint density at radius 3 is 2.61 bits per heavy atom. The molecule has 11 heteroatoms. The van der Waals surface area contributed by atoms with Crippen LogP contribution in [0.5, 0.6) is 0 Å². The monoisotopic (exact) mass is 512 g/mol. The maximum Gasteiger partial charge on any atom is 0.356 e. The second kappa shape index (κ2) is 9.13. The SMILES string of the molecule is CC(Nc1ccc(Cl)nc1C(=O)O)c1cc(C2CC2)cc2nc(C#N)c(N3CCC(F)(F)CC3)nc12. The fourth-order valence-corrected chi connectivity index (χ4v) is 4.70. The minimum absolute atomic E-state index is 0.0680. The zero-order valence-electron chi connectivity index (χ0n) is 19.4. The normalized spacial score (nSPS) is 18.0. The standard InChI is InChI=1S/C25H23ClF2N6O2/c1-13(30-17-4-5-20(26)32-22(17)24(35)36)16-10-15(14-2-3-14)11-18-21(16)33-23(19(12-29)31-18)34-8-6-25(27,28)7-9-34/h4-5,10-11,13-14,30H,2-3,6-9H2,1H3,(H,35,36). The largest absolute Gasteiger partial charge is 0.476 e. The number of aromatic nitrogens is 3. The van der Waals surface area contributed by atoms with E-state index in [9.17, 15) is 23.9 Å². The number of nitrogens with one attached hydrogen (secondary N) is 1. The van der Waals surface area contributed by atoms with Crippen LogP contribution in [-0.4, -0.2) is 45.0 Å². The van der Waals surface area contributed by atoms with Gasteiger partial charge in [-0.2, -0.15) is 5.26 Å². The van der Waals surface area contributed by atoms with Crippen molar-refractivity contribution in [2.45, 2.75) is 50.5 Å². The number of nitriles is 1. The van der Waals surface area contributed by atoms with Gasteiger partial charge in [0.05, 0.1) is 22.8 Å². The summed E-state index contributed by atoms with van der Waals surface area (Å²) in [7, 11) is 0. The first kappa shape index (κ1) is 24.1. The van der Waals surface area contributed by atoms with Crippen molar-refractivity contribution in [3.8, 4) is 6.07 Å². The molecule has 0 bridgehead atoms. The van der Waals surface area contributed by atoms with Gasteiger partial charge < -0.3 is 15.3 Å². The van der Waals surface area contributed by atoms with Crippen LogP contribution in [0.25, 0.3) is 11.0 Å². The van der Waals surface area contributed by atoms with E-state index >= 15 is 0 Å². The Morgan fingerprint density at radius 1 is 1.25 bits per heavy atom. The molecular weight excluding hydrogens is 490 g/mol. The lowest BCUT2D eigenvalue weighted by molar-refractivity contribution is -0.0221. The molecule has 2 N–H and O–H groups in total. The van der Waals surface area contributed by atoms with Crippen LogP contribution in [0.15, 0.2) is 24.3 Å². The van der Waals surface area contributed by atoms with Gasteiger partial charge in [-0.05, 0) is 49.4 Å². The molecule has 2 aromatic heterocycles. The summed E-state index contributed by atoms with van der Waals surface area (Å²) in [6.45, 7) is 2.01. The van der Waals surface area contributed by atoms with Gasteiger partial charge in [0.2, 0.25) is 0 Å². The molecule has 2 aliphatic rings. The van der Waals surface area contributed by atoms with Gasteiger partial charge in [0, 0.05) is 31.5 Å². The highest BCUT2D eigenvalue weighted by Crippen LogP contribution is 2.43. The third-order valence-corrected chi connectivity index (χ3v) is 6.87. The van der Waals surface area contributed by atoms with Crippen LogP contribution in [-0.2, 0) is 0 Å². The molecule has 36 heavy (non-hydrogen) atoms. The lowest BCUT2D eigenvalue weighted by Gasteiger charge is -2.33. The quantitative estimate of drug-likeness (QED) is 0.414. The van der Waals surface area contributed by atoms with E-state index in [0.717, 1.165) is 24.0 Å². The van der Waals surface area contributed by atoms with Crippen molar-refractivity contribution >= 4 is 40.1 Å². The number of anilines is 2. The van der Waals surface area contributed by atoms with Gasteiger partial charge in [0.15, 0.2) is 17.2 Å². The number of benzene rings is 1. The molecule has 1 aliphatic carbocycles. The smallest absolute Gasteiger partial charge is 0.356 e. The lowest BCUT2D eigenvalue weighted by Crippen LogP contribution is -2.40. The van der Waals surface area contributed by atoms with Crippen LogP contribution in [0.3, 0.4) is 0 Å². The Kier molecular flexibility index (Phi) is 6.12.